The number of hydrogen-bond donors (Lipinski definition) is 2. The molecule has 0 saturated carbocycles. The normalized spacial score (nSPS) is 14.7. The highest BCUT2D eigenvalue weighted by Gasteiger charge is 2.27. The first-order chi connectivity index (χ1) is 8.42. The van der Waals surface area contributed by atoms with Gasteiger partial charge in [0.15, 0.2) is 0 Å². The Balaban J connectivity index is 3.48. The molecule has 0 aromatic rings. The Morgan fingerprint density at radius 1 is 1.28 bits per heavy atom. The van der Waals surface area contributed by atoms with Crippen molar-refractivity contribution in [1.82, 2.24) is 5.32 Å². The molecule has 0 fully saturated rings. The van der Waals surface area contributed by atoms with Gasteiger partial charge in [0.05, 0.1) is 18.8 Å². The van der Waals surface area contributed by atoms with Crippen LogP contribution in [0.2, 0.25) is 0 Å². The van der Waals surface area contributed by atoms with Crippen molar-refractivity contribution < 1.29 is 14.3 Å². The fourth-order valence-corrected chi connectivity index (χ4v) is 1.44. The van der Waals surface area contributed by atoms with Gasteiger partial charge >= 0.3 is 0 Å². The van der Waals surface area contributed by atoms with Crippen LogP contribution in [0.5, 0.6) is 0 Å². The SMILES string of the molecule is CNC(C)(CCCOCCOCC(C)C)C(N)=O. The van der Waals surface area contributed by atoms with Crippen molar-refractivity contribution in [2.24, 2.45) is 11.7 Å². The Hall–Kier alpha value is -0.650. The van der Waals surface area contributed by atoms with E-state index < -0.39 is 5.54 Å². The fourth-order valence-electron chi connectivity index (χ4n) is 1.44. The highest BCUT2D eigenvalue weighted by atomic mass is 16.5. The molecule has 0 rings (SSSR count). The van der Waals surface area contributed by atoms with Gasteiger partial charge in [-0.05, 0) is 32.7 Å². The summed E-state index contributed by atoms with van der Waals surface area (Å²) in [7, 11) is 1.74. The zero-order valence-corrected chi connectivity index (χ0v) is 12.1. The van der Waals surface area contributed by atoms with E-state index in [4.69, 9.17) is 15.2 Å². The molecule has 0 spiro atoms. The second-order valence-electron chi connectivity index (χ2n) is 5.13. The lowest BCUT2D eigenvalue weighted by Gasteiger charge is -2.25. The number of amides is 1. The molecule has 5 nitrogen and oxygen atoms in total. The van der Waals surface area contributed by atoms with E-state index >= 15 is 0 Å². The molecular formula is C13H28N2O3. The first-order valence-electron chi connectivity index (χ1n) is 6.56. The maximum absolute atomic E-state index is 11.2. The van der Waals surface area contributed by atoms with E-state index in [0.29, 0.717) is 32.2 Å². The quantitative estimate of drug-likeness (QED) is 0.542. The number of hydrogen-bond acceptors (Lipinski definition) is 4. The van der Waals surface area contributed by atoms with Crippen molar-refractivity contribution in [2.75, 3.05) is 33.5 Å². The van der Waals surface area contributed by atoms with Gasteiger partial charge in [-0.25, -0.2) is 0 Å². The summed E-state index contributed by atoms with van der Waals surface area (Å²) >= 11 is 0. The lowest BCUT2D eigenvalue weighted by Crippen LogP contribution is -2.51. The smallest absolute Gasteiger partial charge is 0.237 e. The Morgan fingerprint density at radius 2 is 1.89 bits per heavy atom. The minimum Gasteiger partial charge on any atom is -0.379 e. The second kappa shape index (κ2) is 9.30. The van der Waals surface area contributed by atoms with Crippen LogP contribution < -0.4 is 11.1 Å². The van der Waals surface area contributed by atoms with Gasteiger partial charge in [-0.2, -0.15) is 0 Å². The van der Waals surface area contributed by atoms with Crippen LogP contribution >= 0.6 is 0 Å². The van der Waals surface area contributed by atoms with Crippen LogP contribution in [0.1, 0.15) is 33.6 Å². The number of carbonyl (C=O) groups excluding carboxylic acids is 1. The topological polar surface area (TPSA) is 73.6 Å². The molecule has 1 amide bonds. The average molecular weight is 260 g/mol. The molecule has 0 aromatic carbocycles. The number of nitrogens with one attached hydrogen (secondary N) is 1. The van der Waals surface area contributed by atoms with Gasteiger partial charge in [0, 0.05) is 13.2 Å². The number of carbonyl (C=O) groups is 1. The molecule has 0 aliphatic carbocycles. The molecule has 0 aliphatic heterocycles. The number of rotatable bonds is 11. The number of ether oxygens (including phenoxy) is 2. The molecule has 0 aromatic heterocycles. The largest absolute Gasteiger partial charge is 0.379 e. The molecule has 0 heterocycles. The Kier molecular flexibility index (Phi) is 8.97. The first-order valence-corrected chi connectivity index (χ1v) is 6.56. The highest BCUT2D eigenvalue weighted by molar-refractivity contribution is 5.84. The maximum atomic E-state index is 11.2. The summed E-state index contributed by atoms with van der Waals surface area (Å²) in [6.07, 6.45) is 1.47. The van der Waals surface area contributed by atoms with Gasteiger partial charge in [0.25, 0.3) is 0 Å². The fraction of sp³-hybridized carbons (Fsp3) is 0.923. The van der Waals surface area contributed by atoms with Crippen LogP contribution in [-0.4, -0.2) is 44.9 Å². The summed E-state index contributed by atoms with van der Waals surface area (Å²) < 4.78 is 10.8. The third kappa shape index (κ3) is 7.63. The third-order valence-electron chi connectivity index (χ3n) is 2.88. The van der Waals surface area contributed by atoms with Gasteiger partial charge in [-0.15, -0.1) is 0 Å². The maximum Gasteiger partial charge on any atom is 0.237 e. The minimum absolute atomic E-state index is 0.328. The van der Waals surface area contributed by atoms with E-state index in [1.165, 1.54) is 0 Å². The van der Waals surface area contributed by atoms with Crippen LogP contribution in [-0.2, 0) is 14.3 Å². The van der Waals surface area contributed by atoms with E-state index in [0.717, 1.165) is 13.0 Å². The summed E-state index contributed by atoms with van der Waals surface area (Å²) in [5.41, 5.74) is 4.69. The van der Waals surface area contributed by atoms with Gasteiger partial charge in [0.2, 0.25) is 5.91 Å². The predicted molar refractivity (Wildman–Crippen MR) is 72.4 cm³/mol. The molecule has 108 valence electrons. The van der Waals surface area contributed by atoms with Gasteiger partial charge in [-0.1, -0.05) is 13.8 Å². The Morgan fingerprint density at radius 3 is 2.39 bits per heavy atom. The van der Waals surface area contributed by atoms with Crippen LogP contribution in [0.25, 0.3) is 0 Å². The number of likely N-dealkylation sites (N-methyl/N-ethyl adjacent to an activating group) is 1. The van der Waals surface area contributed by atoms with E-state index in [1.54, 1.807) is 14.0 Å². The standard InChI is InChI=1S/C13H28N2O3/c1-11(2)10-18-9-8-17-7-5-6-13(3,15-4)12(14)16/h11,15H,5-10H2,1-4H3,(H2,14,16). The van der Waals surface area contributed by atoms with Gasteiger partial charge in [-0.3, -0.25) is 4.79 Å². The van der Waals surface area contributed by atoms with E-state index in [1.807, 2.05) is 0 Å². The molecule has 3 N–H and O–H groups in total. The van der Waals surface area contributed by atoms with E-state index in [2.05, 4.69) is 19.2 Å². The van der Waals surface area contributed by atoms with Crippen molar-refractivity contribution in [3.05, 3.63) is 0 Å². The monoisotopic (exact) mass is 260 g/mol. The van der Waals surface area contributed by atoms with Gasteiger partial charge < -0.3 is 20.5 Å². The molecule has 1 unspecified atom stereocenters. The molecule has 18 heavy (non-hydrogen) atoms. The predicted octanol–water partition coefficient (Wildman–Crippen LogP) is 0.919. The lowest BCUT2D eigenvalue weighted by molar-refractivity contribution is -0.124. The lowest BCUT2D eigenvalue weighted by atomic mass is 9.95. The molecule has 5 heteroatoms. The van der Waals surface area contributed by atoms with Crippen molar-refractivity contribution in [3.8, 4) is 0 Å². The van der Waals surface area contributed by atoms with Gasteiger partial charge in [0.1, 0.15) is 0 Å². The Labute approximate surface area is 110 Å². The molecule has 0 aliphatic rings. The number of primary amides is 1. The zero-order valence-electron chi connectivity index (χ0n) is 12.1. The van der Waals surface area contributed by atoms with Crippen molar-refractivity contribution in [2.45, 2.75) is 39.2 Å². The van der Waals surface area contributed by atoms with E-state index in [-0.39, 0.29) is 5.91 Å². The van der Waals surface area contributed by atoms with Crippen LogP contribution in [0.15, 0.2) is 0 Å². The summed E-state index contributed by atoms with van der Waals surface area (Å²) in [6.45, 7) is 8.64. The molecular weight excluding hydrogens is 232 g/mol. The summed E-state index contributed by atoms with van der Waals surface area (Å²) in [6, 6.07) is 0. The summed E-state index contributed by atoms with van der Waals surface area (Å²) in [4.78, 5) is 11.2. The summed E-state index contributed by atoms with van der Waals surface area (Å²) in [5.74, 6) is 0.224. The van der Waals surface area contributed by atoms with Crippen LogP contribution in [0.4, 0.5) is 0 Å². The minimum atomic E-state index is -0.641. The zero-order chi connectivity index (χ0) is 14.0. The average Bonchev–Trinajstić information content (AvgIpc) is 2.31. The number of nitrogens with two attached hydrogens (primary N) is 1. The highest BCUT2D eigenvalue weighted by Crippen LogP contribution is 2.10. The van der Waals surface area contributed by atoms with Crippen molar-refractivity contribution >= 4 is 5.91 Å². The third-order valence-corrected chi connectivity index (χ3v) is 2.88. The summed E-state index contributed by atoms with van der Waals surface area (Å²) in [5, 5.41) is 2.95. The van der Waals surface area contributed by atoms with Crippen LogP contribution in [0, 0.1) is 5.92 Å². The molecule has 1 atom stereocenters. The second-order valence-corrected chi connectivity index (χ2v) is 5.13. The van der Waals surface area contributed by atoms with Crippen LogP contribution in [0.3, 0.4) is 0 Å². The molecule has 0 saturated heterocycles. The Bertz CT molecular complexity index is 234. The van der Waals surface area contributed by atoms with Crippen molar-refractivity contribution in [1.29, 1.82) is 0 Å². The molecule has 0 bridgehead atoms. The van der Waals surface area contributed by atoms with E-state index in [9.17, 15) is 4.79 Å². The first kappa shape index (κ1) is 17.4. The molecule has 0 radical (unpaired) electrons. The van der Waals surface area contributed by atoms with Crippen molar-refractivity contribution in [3.63, 3.8) is 0 Å².